The lowest BCUT2D eigenvalue weighted by atomic mass is 9.57. The van der Waals surface area contributed by atoms with Crippen molar-refractivity contribution in [2.75, 3.05) is 26.2 Å². The number of carbonyl (C=O) groups is 1. The fraction of sp³-hybridized carbons (Fsp3) is 0.667. The predicted octanol–water partition coefficient (Wildman–Crippen LogP) is 3.72. The highest BCUT2D eigenvalue weighted by molar-refractivity contribution is 7.92. The van der Waals surface area contributed by atoms with Crippen LogP contribution >= 0.6 is 0 Å². The van der Waals surface area contributed by atoms with Crippen molar-refractivity contribution in [2.24, 2.45) is 16.7 Å². The van der Waals surface area contributed by atoms with Gasteiger partial charge in [0.05, 0.1) is 4.90 Å². The highest BCUT2D eigenvalue weighted by atomic mass is 32.2. The quantitative estimate of drug-likeness (QED) is 0.557. The number of aliphatic hydroxyl groups is 1. The number of H-pyrrole nitrogens is 1. The first-order chi connectivity index (χ1) is 18.8. The maximum absolute atomic E-state index is 13.1. The summed E-state index contributed by atoms with van der Waals surface area (Å²) in [7, 11) is -5.36. The minimum Gasteiger partial charge on any atom is -0.382 e. The molecule has 3 heterocycles. The second kappa shape index (κ2) is 8.43. The molecule has 3 aliphatic carbocycles. The van der Waals surface area contributed by atoms with Crippen LogP contribution in [0.2, 0.25) is 0 Å². The number of likely N-dealkylation sites (tertiary alicyclic amines) is 2. The summed E-state index contributed by atoms with van der Waals surface area (Å²) < 4.78 is 62.4. The zero-order chi connectivity index (χ0) is 28.1. The Kier molecular flexibility index (Phi) is 5.53. The number of halogens is 3. The highest BCUT2D eigenvalue weighted by Gasteiger charge is 2.58. The Labute approximate surface area is 230 Å². The molecule has 2 N–H and O–H groups in total. The van der Waals surface area contributed by atoms with Gasteiger partial charge in [0.1, 0.15) is 11.4 Å². The molecule has 5 fully saturated rings. The molecule has 7 rings (SSSR count). The van der Waals surface area contributed by atoms with Crippen LogP contribution in [0, 0.1) is 16.7 Å². The number of alkyl halides is 3. The van der Waals surface area contributed by atoms with Crippen LogP contribution in [0.25, 0.3) is 0 Å². The molecule has 1 aromatic carbocycles. The number of benzene rings is 1. The van der Waals surface area contributed by atoms with Crippen LogP contribution in [-0.4, -0.2) is 76.2 Å². The number of hydrogen-bond acceptors (Lipinski definition) is 6. The number of carbonyl (C=O) groups excluding carboxylic acids is 1. The van der Waals surface area contributed by atoms with Crippen molar-refractivity contribution in [3.05, 3.63) is 41.5 Å². The van der Waals surface area contributed by atoms with Crippen LogP contribution in [-0.2, 0) is 21.9 Å². The van der Waals surface area contributed by atoms with Crippen molar-refractivity contribution in [2.45, 2.75) is 73.3 Å². The summed E-state index contributed by atoms with van der Waals surface area (Å²) in [6.45, 7) is 2.88. The van der Waals surface area contributed by atoms with Gasteiger partial charge >= 0.3 is 11.5 Å². The standard InChI is InChI=1S/C27H32F3N5O4S/c28-27(29,30)40(38,39)20-3-1-2-17(9-20)8-18-4-5-24(10-18)13-34(14-24)23(36)35-15-25(16-35)11-19(12-25)21-31-22(33-32-21)26(37)6-7-26/h1-3,9,18-19,37H,4-8,10-16H2,(H,31,32,33)/t18-/m0/s1. The van der Waals surface area contributed by atoms with E-state index >= 15 is 0 Å². The Morgan fingerprint density at radius 3 is 2.38 bits per heavy atom. The molecule has 9 nitrogen and oxygen atoms in total. The third kappa shape index (κ3) is 4.22. The molecule has 13 heteroatoms. The zero-order valence-corrected chi connectivity index (χ0v) is 22.8. The van der Waals surface area contributed by atoms with E-state index in [4.69, 9.17) is 0 Å². The van der Waals surface area contributed by atoms with E-state index in [1.54, 1.807) is 6.07 Å². The molecule has 2 aliphatic heterocycles. The van der Waals surface area contributed by atoms with Gasteiger partial charge in [0.25, 0.3) is 9.84 Å². The second-order valence-electron chi connectivity index (χ2n) is 13.1. The molecular weight excluding hydrogens is 547 g/mol. The molecule has 1 aromatic heterocycles. The van der Waals surface area contributed by atoms with Crippen LogP contribution < -0.4 is 0 Å². The second-order valence-corrected chi connectivity index (χ2v) is 15.0. The maximum Gasteiger partial charge on any atom is 0.501 e. The first kappa shape index (κ1) is 26.2. The van der Waals surface area contributed by atoms with E-state index < -0.39 is 25.8 Å². The summed E-state index contributed by atoms with van der Waals surface area (Å²) >= 11 is 0. The Morgan fingerprint density at radius 2 is 1.73 bits per heavy atom. The van der Waals surface area contributed by atoms with E-state index in [2.05, 4.69) is 15.2 Å². The molecule has 0 radical (unpaired) electrons. The van der Waals surface area contributed by atoms with Crippen LogP contribution in [0.15, 0.2) is 29.2 Å². The van der Waals surface area contributed by atoms with Gasteiger partial charge in [-0.25, -0.2) is 18.2 Å². The van der Waals surface area contributed by atoms with Crippen LogP contribution in [0.1, 0.15) is 68.1 Å². The molecule has 3 saturated carbocycles. The van der Waals surface area contributed by atoms with Crippen molar-refractivity contribution in [3.63, 3.8) is 0 Å². The number of rotatable bonds is 5. The van der Waals surface area contributed by atoms with Crippen molar-refractivity contribution >= 4 is 15.9 Å². The van der Waals surface area contributed by atoms with Gasteiger partial charge in [-0.2, -0.15) is 18.3 Å². The fourth-order valence-electron chi connectivity index (χ4n) is 7.54. The number of nitrogens with zero attached hydrogens (tertiary/aromatic N) is 4. The number of hydrogen-bond donors (Lipinski definition) is 2. The van der Waals surface area contributed by atoms with E-state index in [0.29, 0.717) is 43.7 Å². The SMILES string of the molecule is O=C(N1CC2(CC(c3nc(C4(O)CC4)n[nH]3)C2)C1)N1CC2(CC[C@@H](Cc3cccc(S(=O)(=O)C(F)(F)F)c3)C2)C1. The Balaban J connectivity index is 0.878. The van der Waals surface area contributed by atoms with Crippen LogP contribution in [0.5, 0.6) is 0 Å². The molecule has 2 saturated heterocycles. The molecular formula is C27H32F3N5O4S. The monoisotopic (exact) mass is 579 g/mol. The third-order valence-electron chi connectivity index (χ3n) is 9.88. The van der Waals surface area contributed by atoms with E-state index in [9.17, 15) is 31.5 Å². The van der Waals surface area contributed by atoms with Crippen LogP contribution in [0.3, 0.4) is 0 Å². The summed E-state index contributed by atoms with van der Waals surface area (Å²) in [5, 5.41) is 17.4. The molecule has 0 unspecified atom stereocenters. The molecule has 5 aliphatic rings. The number of amides is 2. The molecule has 0 bridgehead atoms. The number of aromatic nitrogens is 3. The minimum absolute atomic E-state index is 0.0513. The summed E-state index contributed by atoms with van der Waals surface area (Å²) in [6.07, 6.45) is 6.61. The third-order valence-corrected chi connectivity index (χ3v) is 11.4. The van der Waals surface area contributed by atoms with Crippen LogP contribution in [0.4, 0.5) is 18.0 Å². The number of nitrogens with one attached hydrogen (secondary N) is 1. The zero-order valence-electron chi connectivity index (χ0n) is 22.0. The molecule has 40 heavy (non-hydrogen) atoms. The van der Waals surface area contributed by atoms with Gasteiger partial charge in [-0.05, 0) is 75.0 Å². The first-order valence-corrected chi connectivity index (χ1v) is 15.4. The first-order valence-electron chi connectivity index (χ1n) is 13.9. The lowest BCUT2D eigenvalue weighted by molar-refractivity contribution is -0.0707. The molecule has 1 atom stereocenters. The summed E-state index contributed by atoms with van der Waals surface area (Å²) in [5.41, 5.74) is -5.36. The van der Waals surface area contributed by atoms with E-state index in [0.717, 1.165) is 63.2 Å². The smallest absolute Gasteiger partial charge is 0.382 e. The summed E-state index contributed by atoms with van der Waals surface area (Å²) in [4.78, 5) is 20.7. The summed E-state index contributed by atoms with van der Waals surface area (Å²) in [5.74, 6) is 1.87. The van der Waals surface area contributed by atoms with E-state index in [1.807, 2.05) is 9.80 Å². The van der Waals surface area contributed by atoms with Gasteiger partial charge in [-0.15, -0.1) is 0 Å². The maximum atomic E-state index is 13.1. The molecule has 216 valence electrons. The average molecular weight is 580 g/mol. The van der Waals surface area contributed by atoms with E-state index in [1.165, 1.54) is 6.07 Å². The normalized spacial score (nSPS) is 26.4. The van der Waals surface area contributed by atoms with Crippen molar-refractivity contribution in [1.29, 1.82) is 0 Å². The van der Waals surface area contributed by atoms with Gasteiger partial charge in [0, 0.05) is 42.9 Å². The lowest BCUT2D eigenvalue weighted by Gasteiger charge is -2.60. The minimum atomic E-state index is -5.36. The summed E-state index contributed by atoms with van der Waals surface area (Å²) in [6, 6.07) is 5.26. The van der Waals surface area contributed by atoms with Gasteiger partial charge in [-0.3, -0.25) is 5.10 Å². The van der Waals surface area contributed by atoms with Crippen molar-refractivity contribution in [3.8, 4) is 0 Å². The average Bonchev–Trinajstić information content (AvgIpc) is 3.21. The van der Waals surface area contributed by atoms with Gasteiger partial charge in [0.15, 0.2) is 5.82 Å². The molecule has 2 spiro atoms. The topological polar surface area (TPSA) is 119 Å². The van der Waals surface area contributed by atoms with Gasteiger partial charge < -0.3 is 14.9 Å². The number of aromatic amines is 1. The largest absolute Gasteiger partial charge is 0.501 e. The van der Waals surface area contributed by atoms with Gasteiger partial charge in [-0.1, -0.05) is 12.1 Å². The highest BCUT2D eigenvalue weighted by Crippen LogP contribution is 2.57. The van der Waals surface area contributed by atoms with Crippen molar-refractivity contribution < 1.29 is 31.5 Å². The lowest BCUT2D eigenvalue weighted by Crippen LogP contribution is -2.69. The molecule has 2 aromatic rings. The Morgan fingerprint density at radius 1 is 1.05 bits per heavy atom. The predicted molar refractivity (Wildman–Crippen MR) is 136 cm³/mol. The van der Waals surface area contributed by atoms with Crippen molar-refractivity contribution in [1.82, 2.24) is 25.0 Å². The number of sulfone groups is 1. The fourth-order valence-corrected chi connectivity index (χ4v) is 8.37. The molecule has 2 amide bonds. The van der Waals surface area contributed by atoms with E-state index in [-0.39, 0.29) is 28.7 Å². The Hall–Kier alpha value is -2.67. The van der Waals surface area contributed by atoms with Gasteiger partial charge in [0.2, 0.25) is 0 Å². The number of urea groups is 1. The Bertz CT molecular complexity index is 1450.